The number of fused-ring (bicyclic) bond motifs is 8. The maximum Gasteiger partial charge on any atom is 0.0167 e. The fourth-order valence-corrected chi connectivity index (χ4v) is 6.13. The van der Waals surface area contributed by atoms with Crippen LogP contribution in [-0.4, -0.2) is 9.97 Å². The summed E-state index contributed by atoms with van der Waals surface area (Å²) in [5.41, 5.74) is 4.02. The van der Waals surface area contributed by atoms with Crippen LogP contribution in [0.2, 0.25) is 0 Å². The molecule has 0 saturated carbocycles. The molecule has 0 aliphatic heterocycles. The van der Waals surface area contributed by atoms with Crippen molar-refractivity contribution >= 4 is 53.9 Å². The van der Waals surface area contributed by atoms with Gasteiger partial charge in [0.1, 0.15) is 0 Å². The van der Waals surface area contributed by atoms with Gasteiger partial charge < -0.3 is 9.97 Å². The van der Waals surface area contributed by atoms with E-state index in [0.29, 0.717) is 0 Å². The van der Waals surface area contributed by atoms with Crippen LogP contribution in [0.3, 0.4) is 0 Å². The van der Waals surface area contributed by atoms with E-state index in [2.05, 4.69) is 120 Å². The van der Waals surface area contributed by atoms with Gasteiger partial charge >= 0.3 is 0 Å². The minimum atomic E-state index is 0. The molecule has 1 radical (unpaired) electrons. The molecule has 0 aliphatic carbocycles. The Labute approximate surface area is 275 Å². The largest absolute Gasteiger partial charge is 0.305 e. The molecule has 9 rings (SSSR count). The van der Waals surface area contributed by atoms with Crippen LogP contribution in [0.5, 0.6) is 0 Å². The number of hydrogen-bond donors (Lipinski definition) is 0. The van der Waals surface area contributed by atoms with Gasteiger partial charge in [0.15, 0.2) is 0 Å². The van der Waals surface area contributed by atoms with Gasteiger partial charge in [-0.05, 0) is 61.2 Å². The van der Waals surface area contributed by atoms with Crippen molar-refractivity contribution in [3.8, 4) is 22.5 Å². The Morgan fingerprint density at radius 3 is 1.82 bits per heavy atom. The van der Waals surface area contributed by atoms with E-state index in [-0.39, 0.29) is 20.1 Å². The summed E-state index contributed by atoms with van der Waals surface area (Å²) in [6.45, 7) is 0. The maximum atomic E-state index is 4.78. The summed E-state index contributed by atoms with van der Waals surface area (Å²) in [6, 6.07) is 57.2. The molecule has 2 nitrogen and oxygen atoms in total. The molecule has 2 aromatic heterocycles. The van der Waals surface area contributed by atoms with Crippen molar-refractivity contribution in [3.05, 3.63) is 170 Å². The second-order valence-electron chi connectivity index (χ2n) is 10.8. The summed E-state index contributed by atoms with van der Waals surface area (Å²) in [5, 5.41) is 12.4. The van der Waals surface area contributed by atoms with Crippen LogP contribution in [0.1, 0.15) is 0 Å². The Morgan fingerprint density at radius 1 is 0.400 bits per heavy atom. The molecule has 3 heteroatoms. The van der Waals surface area contributed by atoms with E-state index in [1.807, 2.05) is 48.7 Å². The zero-order valence-electron chi connectivity index (χ0n) is 24.2. The van der Waals surface area contributed by atoms with Crippen molar-refractivity contribution in [2.75, 3.05) is 0 Å². The third-order valence-electron chi connectivity index (χ3n) is 8.25. The smallest absolute Gasteiger partial charge is 0.0167 e. The molecule has 0 bridgehead atoms. The molecule has 215 valence electrons. The molecule has 0 atom stereocenters. The first-order valence-corrected chi connectivity index (χ1v) is 14.7. The monoisotopic (exact) mass is 751 g/mol. The Balaban J connectivity index is 0.000000211. The van der Waals surface area contributed by atoms with Gasteiger partial charge in [0.05, 0.1) is 0 Å². The molecule has 0 fully saturated rings. The summed E-state index contributed by atoms with van der Waals surface area (Å²) in [6.07, 6.45) is 3.71. The third kappa shape index (κ3) is 5.38. The summed E-state index contributed by atoms with van der Waals surface area (Å²) < 4.78 is 0. The van der Waals surface area contributed by atoms with Crippen LogP contribution < -0.4 is 0 Å². The first kappa shape index (κ1) is 28.6. The van der Waals surface area contributed by atoms with Crippen LogP contribution in [0.4, 0.5) is 0 Å². The van der Waals surface area contributed by atoms with Gasteiger partial charge in [0.2, 0.25) is 0 Å². The Kier molecular flexibility index (Phi) is 7.88. The molecule has 0 unspecified atom stereocenters. The minimum Gasteiger partial charge on any atom is -0.305 e. The Morgan fingerprint density at radius 2 is 1.04 bits per heavy atom. The first-order valence-electron chi connectivity index (χ1n) is 14.7. The van der Waals surface area contributed by atoms with E-state index in [1.54, 1.807) is 6.20 Å². The molecule has 0 amide bonds. The molecule has 0 spiro atoms. The van der Waals surface area contributed by atoms with Gasteiger partial charge in [-0.1, -0.05) is 108 Å². The summed E-state index contributed by atoms with van der Waals surface area (Å²) in [5.74, 6) is 0. The molecule has 0 aliphatic rings. The Bertz CT molecular complexity index is 2400. The van der Waals surface area contributed by atoms with Crippen LogP contribution in [-0.2, 0) is 20.1 Å². The molecule has 7 aromatic carbocycles. The van der Waals surface area contributed by atoms with Crippen molar-refractivity contribution in [1.29, 1.82) is 0 Å². The summed E-state index contributed by atoms with van der Waals surface area (Å²) in [4.78, 5) is 9.00. The topological polar surface area (TPSA) is 25.8 Å². The van der Waals surface area contributed by atoms with Crippen molar-refractivity contribution in [2.24, 2.45) is 0 Å². The van der Waals surface area contributed by atoms with Gasteiger partial charge in [0, 0.05) is 32.5 Å². The average molecular weight is 751 g/mol. The van der Waals surface area contributed by atoms with Gasteiger partial charge in [-0.3, -0.25) is 0 Å². The Hall–Kier alpha value is -5.21. The van der Waals surface area contributed by atoms with Crippen molar-refractivity contribution < 1.29 is 20.1 Å². The zero-order chi connectivity index (χ0) is 29.3. The minimum absolute atomic E-state index is 0. The van der Waals surface area contributed by atoms with Gasteiger partial charge in [-0.25, -0.2) is 0 Å². The van der Waals surface area contributed by atoms with Crippen molar-refractivity contribution in [2.45, 2.75) is 0 Å². The molecular formula is C42H26IrN2-2. The van der Waals surface area contributed by atoms with E-state index in [1.165, 1.54) is 48.5 Å². The predicted octanol–water partition coefficient (Wildman–Crippen LogP) is 10.9. The molecule has 2 heterocycles. The molecule has 9 aromatic rings. The number of nitrogens with zero attached hydrogens (tertiary/aromatic N) is 2. The third-order valence-corrected chi connectivity index (χ3v) is 8.25. The van der Waals surface area contributed by atoms with E-state index in [9.17, 15) is 0 Å². The van der Waals surface area contributed by atoms with Gasteiger partial charge in [0.25, 0.3) is 0 Å². The zero-order valence-corrected chi connectivity index (χ0v) is 26.6. The molecular weight excluding hydrogens is 725 g/mol. The number of benzene rings is 7. The van der Waals surface area contributed by atoms with Crippen LogP contribution >= 0.6 is 0 Å². The van der Waals surface area contributed by atoms with E-state index in [0.717, 1.165) is 27.9 Å². The molecule has 0 saturated heterocycles. The normalized spacial score (nSPS) is 10.9. The molecule has 0 N–H and O–H groups in total. The summed E-state index contributed by atoms with van der Waals surface area (Å²) >= 11 is 0. The number of rotatable bonds is 2. The average Bonchev–Trinajstić information content (AvgIpc) is 3.12. The second-order valence-corrected chi connectivity index (χ2v) is 10.8. The van der Waals surface area contributed by atoms with Crippen LogP contribution in [0.15, 0.2) is 158 Å². The summed E-state index contributed by atoms with van der Waals surface area (Å²) in [7, 11) is 0. The number of aromatic nitrogens is 2. The maximum absolute atomic E-state index is 4.78. The SMILES string of the molecule is [Ir].[c-]1cc2c(ccc3ccccc32)cc1-c1nccc2c1ccc1c3ccccc3ccc21.[c-]1ccccc1-c1ccccn1. The van der Waals surface area contributed by atoms with E-state index in [4.69, 9.17) is 4.98 Å². The quantitative estimate of drug-likeness (QED) is 0.130. The fourth-order valence-electron chi connectivity index (χ4n) is 6.13. The first-order chi connectivity index (χ1) is 21.8. The van der Waals surface area contributed by atoms with Crippen LogP contribution in [0, 0.1) is 12.1 Å². The van der Waals surface area contributed by atoms with Crippen molar-refractivity contribution in [3.63, 3.8) is 0 Å². The fraction of sp³-hybridized carbons (Fsp3) is 0. The van der Waals surface area contributed by atoms with Gasteiger partial charge in [-0.2, -0.15) is 0 Å². The van der Waals surface area contributed by atoms with Gasteiger partial charge in [-0.15, -0.1) is 65.0 Å². The van der Waals surface area contributed by atoms with Crippen LogP contribution in [0.25, 0.3) is 76.4 Å². The van der Waals surface area contributed by atoms with Crippen molar-refractivity contribution in [1.82, 2.24) is 9.97 Å². The van der Waals surface area contributed by atoms with E-state index >= 15 is 0 Å². The standard InChI is InChI=1S/C31H18N.C11H8N.Ir/c1-3-7-24-20(5-1)9-10-22-19-23(12-13-26(22)24)31-30-16-15-27-25-8-4-2-6-21(25)11-14-28(27)29(30)17-18-32-31;1-2-6-10(7-3-1)11-8-4-5-9-12-11;/h1-11,13-19H;1-6,8-9H;/q2*-1;. The number of pyridine rings is 2. The predicted molar refractivity (Wildman–Crippen MR) is 185 cm³/mol. The second kappa shape index (κ2) is 12.4. The molecule has 45 heavy (non-hydrogen) atoms. The number of hydrogen-bond acceptors (Lipinski definition) is 2. The van der Waals surface area contributed by atoms with E-state index < -0.39 is 0 Å².